The predicted octanol–water partition coefficient (Wildman–Crippen LogP) is 4.05. The number of hydrogen-bond donors (Lipinski definition) is 1. The van der Waals surface area contributed by atoms with E-state index in [-0.39, 0.29) is 5.91 Å². The number of imidazole rings is 1. The van der Waals surface area contributed by atoms with E-state index in [1.165, 1.54) is 0 Å². The fourth-order valence-electron chi connectivity index (χ4n) is 2.37. The molecule has 122 valence electrons. The summed E-state index contributed by atoms with van der Waals surface area (Å²) in [5.74, 6) is 0.515. The topological polar surface area (TPSA) is 56.1 Å². The van der Waals surface area contributed by atoms with E-state index >= 15 is 0 Å². The standard InChI is InChI=1S/C18H16IN3O2/c1-12-10-22(11-20-12)16-8-7-13(9-17(16)24-2)21-18(23)14-5-3-4-6-15(14)19/h3-11H,1-2H3,(H,21,23). The largest absolute Gasteiger partial charge is 0.494 e. The molecule has 0 bridgehead atoms. The molecule has 0 unspecified atom stereocenters. The fraction of sp³-hybridized carbons (Fsp3) is 0.111. The first-order chi connectivity index (χ1) is 11.6. The third-order valence-electron chi connectivity index (χ3n) is 3.55. The lowest BCUT2D eigenvalue weighted by Gasteiger charge is -2.12. The summed E-state index contributed by atoms with van der Waals surface area (Å²) in [7, 11) is 1.61. The Morgan fingerprint density at radius 1 is 1.25 bits per heavy atom. The highest BCUT2D eigenvalue weighted by molar-refractivity contribution is 14.1. The summed E-state index contributed by atoms with van der Waals surface area (Å²) >= 11 is 2.15. The van der Waals surface area contributed by atoms with Crippen molar-refractivity contribution in [2.24, 2.45) is 0 Å². The molecule has 1 aromatic heterocycles. The van der Waals surface area contributed by atoms with E-state index in [0.717, 1.165) is 15.0 Å². The number of nitrogens with one attached hydrogen (secondary N) is 1. The van der Waals surface area contributed by atoms with Crippen LogP contribution in [0.15, 0.2) is 55.0 Å². The second-order valence-electron chi connectivity index (χ2n) is 5.24. The normalized spacial score (nSPS) is 10.5. The van der Waals surface area contributed by atoms with Crippen LogP contribution in [0.5, 0.6) is 5.75 Å². The Kier molecular flexibility index (Phi) is 4.84. The Hall–Kier alpha value is -2.35. The quantitative estimate of drug-likeness (QED) is 0.632. The van der Waals surface area contributed by atoms with Crippen LogP contribution in [0.4, 0.5) is 5.69 Å². The predicted molar refractivity (Wildman–Crippen MR) is 102 cm³/mol. The van der Waals surface area contributed by atoms with Gasteiger partial charge in [0.2, 0.25) is 0 Å². The molecule has 0 spiro atoms. The molecular weight excluding hydrogens is 417 g/mol. The van der Waals surface area contributed by atoms with E-state index in [4.69, 9.17) is 4.74 Å². The number of amides is 1. The lowest BCUT2D eigenvalue weighted by molar-refractivity contribution is 0.102. The van der Waals surface area contributed by atoms with Crippen LogP contribution in [0.25, 0.3) is 5.69 Å². The van der Waals surface area contributed by atoms with Gasteiger partial charge in [0.1, 0.15) is 5.75 Å². The molecule has 6 heteroatoms. The van der Waals surface area contributed by atoms with Crippen LogP contribution in [0.3, 0.4) is 0 Å². The van der Waals surface area contributed by atoms with E-state index in [9.17, 15) is 4.79 Å². The summed E-state index contributed by atoms with van der Waals surface area (Å²) in [6, 6.07) is 13.0. The van der Waals surface area contributed by atoms with E-state index in [2.05, 4.69) is 32.9 Å². The van der Waals surface area contributed by atoms with Gasteiger partial charge in [-0.15, -0.1) is 0 Å². The summed E-state index contributed by atoms with van der Waals surface area (Å²) in [5, 5.41) is 2.91. The minimum Gasteiger partial charge on any atom is -0.494 e. The molecular formula is C18H16IN3O2. The van der Waals surface area contributed by atoms with Gasteiger partial charge in [-0.1, -0.05) is 12.1 Å². The lowest BCUT2D eigenvalue weighted by atomic mass is 10.2. The number of carbonyl (C=O) groups is 1. The zero-order valence-corrected chi connectivity index (χ0v) is 15.4. The maximum atomic E-state index is 12.4. The summed E-state index contributed by atoms with van der Waals surface area (Å²) in [6.07, 6.45) is 3.65. The molecule has 1 amide bonds. The molecule has 0 saturated heterocycles. The van der Waals surface area contributed by atoms with E-state index in [1.54, 1.807) is 25.6 Å². The van der Waals surface area contributed by atoms with E-state index in [1.807, 2.05) is 48.0 Å². The van der Waals surface area contributed by atoms with Gasteiger partial charge in [-0.05, 0) is 53.8 Å². The average Bonchev–Trinajstić information content (AvgIpc) is 3.01. The highest BCUT2D eigenvalue weighted by Gasteiger charge is 2.12. The smallest absolute Gasteiger partial charge is 0.256 e. The molecule has 3 aromatic rings. The van der Waals surface area contributed by atoms with Crippen LogP contribution in [0.1, 0.15) is 16.1 Å². The Morgan fingerprint density at radius 2 is 2.04 bits per heavy atom. The van der Waals surface area contributed by atoms with Gasteiger partial charge < -0.3 is 14.6 Å². The van der Waals surface area contributed by atoms with Crippen molar-refractivity contribution in [2.45, 2.75) is 6.92 Å². The number of nitrogens with zero attached hydrogens (tertiary/aromatic N) is 2. The average molecular weight is 433 g/mol. The Morgan fingerprint density at radius 3 is 2.71 bits per heavy atom. The lowest BCUT2D eigenvalue weighted by Crippen LogP contribution is -2.13. The van der Waals surface area contributed by atoms with Gasteiger partial charge in [-0.2, -0.15) is 0 Å². The highest BCUT2D eigenvalue weighted by Crippen LogP contribution is 2.27. The van der Waals surface area contributed by atoms with E-state index in [0.29, 0.717) is 17.0 Å². The van der Waals surface area contributed by atoms with Gasteiger partial charge in [0.15, 0.2) is 0 Å². The number of hydrogen-bond acceptors (Lipinski definition) is 3. The number of rotatable bonds is 4. The van der Waals surface area contributed by atoms with Crippen LogP contribution in [0.2, 0.25) is 0 Å². The molecule has 5 nitrogen and oxygen atoms in total. The van der Waals surface area contributed by atoms with Crippen molar-refractivity contribution in [3.8, 4) is 11.4 Å². The first-order valence-electron chi connectivity index (χ1n) is 7.33. The number of aromatic nitrogens is 2. The molecule has 0 saturated carbocycles. The van der Waals surface area contributed by atoms with Gasteiger partial charge in [-0.25, -0.2) is 4.98 Å². The van der Waals surface area contributed by atoms with Crippen molar-refractivity contribution in [3.63, 3.8) is 0 Å². The molecule has 0 aliphatic carbocycles. The van der Waals surface area contributed by atoms with Gasteiger partial charge >= 0.3 is 0 Å². The van der Waals surface area contributed by atoms with Gasteiger partial charge in [0.25, 0.3) is 5.91 Å². The molecule has 0 fully saturated rings. The molecule has 2 aromatic carbocycles. The number of anilines is 1. The third-order valence-corrected chi connectivity index (χ3v) is 4.49. The van der Waals surface area contributed by atoms with Crippen molar-refractivity contribution in [2.75, 3.05) is 12.4 Å². The summed E-state index contributed by atoms with van der Waals surface area (Å²) in [4.78, 5) is 16.6. The first-order valence-corrected chi connectivity index (χ1v) is 8.41. The molecule has 0 aliphatic heterocycles. The van der Waals surface area contributed by atoms with Crippen LogP contribution in [0, 0.1) is 10.5 Å². The van der Waals surface area contributed by atoms with E-state index < -0.39 is 0 Å². The minimum atomic E-state index is -0.145. The monoisotopic (exact) mass is 433 g/mol. The van der Waals surface area contributed by atoms with Crippen LogP contribution in [-0.2, 0) is 0 Å². The maximum absolute atomic E-state index is 12.4. The van der Waals surface area contributed by atoms with Crippen molar-refractivity contribution >= 4 is 34.2 Å². The van der Waals surface area contributed by atoms with Crippen molar-refractivity contribution < 1.29 is 9.53 Å². The Bertz CT molecular complexity index is 889. The van der Waals surface area contributed by atoms with Crippen molar-refractivity contribution in [1.29, 1.82) is 0 Å². The van der Waals surface area contributed by atoms with Crippen LogP contribution < -0.4 is 10.1 Å². The molecule has 0 radical (unpaired) electrons. The third kappa shape index (κ3) is 3.43. The zero-order chi connectivity index (χ0) is 17.1. The SMILES string of the molecule is COc1cc(NC(=O)c2ccccc2I)ccc1-n1cnc(C)c1. The van der Waals surface area contributed by atoms with Gasteiger partial charge in [0.05, 0.1) is 30.4 Å². The number of aryl methyl sites for hydroxylation is 1. The summed E-state index contributed by atoms with van der Waals surface area (Å²) in [5.41, 5.74) is 3.11. The van der Waals surface area contributed by atoms with Crippen molar-refractivity contribution in [3.05, 3.63) is 69.8 Å². The zero-order valence-electron chi connectivity index (χ0n) is 13.3. The molecule has 3 rings (SSSR count). The van der Waals surface area contributed by atoms with Gasteiger partial charge in [-0.3, -0.25) is 4.79 Å². The molecule has 1 heterocycles. The second kappa shape index (κ2) is 7.04. The summed E-state index contributed by atoms with van der Waals surface area (Å²) in [6.45, 7) is 1.93. The summed E-state index contributed by atoms with van der Waals surface area (Å²) < 4.78 is 8.26. The van der Waals surface area contributed by atoms with Crippen LogP contribution >= 0.6 is 22.6 Å². The Balaban J connectivity index is 1.87. The highest BCUT2D eigenvalue weighted by atomic mass is 127. The molecule has 1 N–H and O–H groups in total. The number of halogens is 1. The van der Waals surface area contributed by atoms with Crippen molar-refractivity contribution in [1.82, 2.24) is 9.55 Å². The number of methoxy groups -OCH3 is 1. The molecule has 0 aliphatic rings. The number of ether oxygens (including phenoxy) is 1. The first kappa shape index (κ1) is 16.5. The number of benzene rings is 2. The number of carbonyl (C=O) groups excluding carboxylic acids is 1. The second-order valence-corrected chi connectivity index (χ2v) is 6.41. The Labute approximate surface area is 153 Å². The maximum Gasteiger partial charge on any atom is 0.256 e. The molecule has 0 atom stereocenters. The van der Waals surface area contributed by atoms with Crippen LogP contribution in [-0.4, -0.2) is 22.6 Å². The minimum absolute atomic E-state index is 0.145. The molecule has 24 heavy (non-hydrogen) atoms. The fourth-order valence-corrected chi connectivity index (χ4v) is 3.00. The van der Waals surface area contributed by atoms with Gasteiger partial charge in [0, 0.05) is 21.5 Å².